The average Bonchev–Trinajstić information content (AvgIpc) is 2.45. The molecule has 1 saturated carbocycles. The Hall–Kier alpha value is -0.260. The summed E-state index contributed by atoms with van der Waals surface area (Å²) in [4.78, 5) is 0. The lowest BCUT2D eigenvalue weighted by atomic mass is 9.71. The molecule has 0 bridgehead atoms. The molecule has 0 nitrogen and oxygen atoms in total. The minimum absolute atomic E-state index is 0.580. The molecule has 15 heavy (non-hydrogen) atoms. The molecule has 0 heterocycles. The Morgan fingerprint density at radius 3 is 2.33 bits per heavy atom. The lowest BCUT2D eigenvalue weighted by Crippen LogP contribution is -2.21. The van der Waals surface area contributed by atoms with Gasteiger partial charge in [-0.15, -0.1) is 0 Å². The molecule has 2 aliphatic rings. The van der Waals surface area contributed by atoms with Gasteiger partial charge in [0.1, 0.15) is 0 Å². The van der Waals surface area contributed by atoms with Gasteiger partial charge >= 0.3 is 0 Å². The minimum Gasteiger partial charge on any atom is -0.0845 e. The molecule has 0 spiro atoms. The second-order valence-corrected chi connectivity index (χ2v) is 6.08. The third-order valence-electron chi connectivity index (χ3n) is 4.66. The van der Waals surface area contributed by atoms with Gasteiger partial charge in [0.15, 0.2) is 0 Å². The van der Waals surface area contributed by atoms with Gasteiger partial charge < -0.3 is 0 Å². The number of rotatable bonds is 1. The van der Waals surface area contributed by atoms with E-state index >= 15 is 0 Å². The summed E-state index contributed by atoms with van der Waals surface area (Å²) in [6.45, 7) is 4.92. The van der Waals surface area contributed by atoms with Crippen molar-refractivity contribution in [3.63, 3.8) is 0 Å². The van der Waals surface area contributed by atoms with Gasteiger partial charge in [0, 0.05) is 0 Å². The van der Waals surface area contributed by atoms with Gasteiger partial charge in [0.25, 0.3) is 0 Å². The van der Waals surface area contributed by atoms with Gasteiger partial charge in [-0.3, -0.25) is 0 Å². The van der Waals surface area contributed by atoms with Crippen LogP contribution in [0.5, 0.6) is 0 Å². The van der Waals surface area contributed by atoms with E-state index < -0.39 is 0 Å². The van der Waals surface area contributed by atoms with E-state index in [0.29, 0.717) is 5.41 Å². The Labute approximate surface area is 95.1 Å². The van der Waals surface area contributed by atoms with Crippen molar-refractivity contribution < 1.29 is 0 Å². The molecule has 2 rings (SSSR count). The third kappa shape index (κ3) is 2.65. The molecule has 0 amide bonds. The minimum atomic E-state index is 0.580. The largest absolute Gasteiger partial charge is 0.0845 e. The van der Waals surface area contributed by atoms with Crippen LogP contribution >= 0.6 is 0 Å². The topological polar surface area (TPSA) is 0 Å². The Bertz CT molecular complexity index is 228. The maximum atomic E-state index is 2.58. The standard InChI is InChI=1S/C15H26/c1-13-7-9-14(10-8-13)15(2)11-5-3-4-6-12-15/h9,13H,3-8,10-12H2,1-2H3. The molecule has 0 aliphatic heterocycles. The van der Waals surface area contributed by atoms with Crippen molar-refractivity contribution in [2.75, 3.05) is 0 Å². The first-order valence-corrected chi connectivity index (χ1v) is 6.90. The van der Waals surface area contributed by atoms with Gasteiger partial charge in [0.2, 0.25) is 0 Å². The van der Waals surface area contributed by atoms with Crippen molar-refractivity contribution in [2.24, 2.45) is 11.3 Å². The highest BCUT2D eigenvalue weighted by atomic mass is 14.4. The quantitative estimate of drug-likeness (QED) is 0.414. The fourth-order valence-electron chi connectivity index (χ4n) is 3.34. The van der Waals surface area contributed by atoms with Crippen LogP contribution in [0.15, 0.2) is 11.6 Å². The molecule has 86 valence electrons. The van der Waals surface area contributed by atoms with E-state index in [0.717, 1.165) is 5.92 Å². The average molecular weight is 206 g/mol. The number of hydrogen-bond acceptors (Lipinski definition) is 0. The van der Waals surface area contributed by atoms with Crippen LogP contribution in [-0.4, -0.2) is 0 Å². The lowest BCUT2D eigenvalue weighted by Gasteiger charge is -2.34. The zero-order chi connectivity index (χ0) is 10.7. The highest BCUT2D eigenvalue weighted by Crippen LogP contribution is 2.44. The summed E-state index contributed by atoms with van der Waals surface area (Å²) in [5, 5.41) is 0. The summed E-state index contributed by atoms with van der Waals surface area (Å²) in [6.07, 6.45) is 15.5. The van der Waals surface area contributed by atoms with Gasteiger partial charge in [-0.1, -0.05) is 51.2 Å². The zero-order valence-corrected chi connectivity index (χ0v) is 10.5. The molecule has 0 aromatic carbocycles. The van der Waals surface area contributed by atoms with E-state index in [2.05, 4.69) is 19.9 Å². The molecule has 0 saturated heterocycles. The molecule has 1 fully saturated rings. The van der Waals surface area contributed by atoms with E-state index in [1.54, 1.807) is 0 Å². The van der Waals surface area contributed by atoms with Crippen LogP contribution in [-0.2, 0) is 0 Å². The van der Waals surface area contributed by atoms with Crippen molar-refractivity contribution in [2.45, 2.75) is 71.6 Å². The highest BCUT2D eigenvalue weighted by Gasteiger charge is 2.30. The second-order valence-electron chi connectivity index (χ2n) is 6.08. The van der Waals surface area contributed by atoms with E-state index in [4.69, 9.17) is 0 Å². The first kappa shape index (κ1) is 11.2. The molecule has 0 aromatic rings. The summed E-state index contributed by atoms with van der Waals surface area (Å²) in [6, 6.07) is 0. The van der Waals surface area contributed by atoms with E-state index in [9.17, 15) is 0 Å². The summed E-state index contributed by atoms with van der Waals surface area (Å²) in [5.41, 5.74) is 2.39. The normalized spacial score (nSPS) is 31.9. The Morgan fingerprint density at radius 2 is 1.80 bits per heavy atom. The monoisotopic (exact) mass is 206 g/mol. The molecule has 0 radical (unpaired) electrons. The maximum absolute atomic E-state index is 2.58. The smallest absolute Gasteiger partial charge is 0.0116 e. The van der Waals surface area contributed by atoms with Gasteiger partial charge in [-0.25, -0.2) is 0 Å². The summed E-state index contributed by atoms with van der Waals surface area (Å²) in [5.74, 6) is 0.933. The molecule has 0 N–H and O–H groups in total. The second kappa shape index (κ2) is 4.72. The van der Waals surface area contributed by atoms with Gasteiger partial charge in [-0.2, -0.15) is 0 Å². The van der Waals surface area contributed by atoms with Crippen LogP contribution < -0.4 is 0 Å². The fourth-order valence-corrected chi connectivity index (χ4v) is 3.34. The molecule has 1 atom stereocenters. The third-order valence-corrected chi connectivity index (χ3v) is 4.66. The van der Waals surface area contributed by atoms with Crippen molar-refractivity contribution in [3.8, 4) is 0 Å². The Balaban J connectivity index is 2.06. The van der Waals surface area contributed by atoms with Gasteiger partial charge in [0.05, 0.1) is 0 Å². The fraction of sp³-hybridized carbons (Fsp3) is 0.867. The highest BCUT2D eigenvalue weighted by molar-refractivity contribution is 5.16. The van der Waals surface area contributed by atoms with Crippen molar-refractivity contribution in [1.29, 1.82) is 0 Å². The lowest BCUT2D eigenvalue weighted by molar-refractivity contribution is 0.313. The van der Waals surface area contributed by atoms with Crippen LogP contribution in [0.4, 0.5) is 0 Å². The predicted molar refractivity (Wildman–Crippen MR) is 66.9 cm³/mol. The Morgan fingerprint density at radius 1 is 1.13 bits per heavy atom. The van der Waals surface area contributed by atoms with Crippen LogP contribution in [0.25, 0.3) is 0 Å². The van der Waals surface area contributed by atoms with Crippen LogP contribution in [0, 0.1) is 11.3 Å². The first-order chi connectivity index (χ1) is 7.21. The van der Waals surface area contributed by atoms with E-state index in [-0.39, 0.29) is 0 Å². The maximum Gasteiger partial charge on any atom is -0.0116 e. The van der Waals surface area contributed by atoms with Crippen molar-refractivity contribution >= 4 is 0 Å². The Kier molecular flexibility index (Phi) is 3.53. The van der Waals surface area contributed by atoms with Gasteiger partial charge in [-0.05, 0) is 43.4 Å². The van der Waals surface area contributed by atoms with E-state index in [1.165, 1.54) is 57.8 Å². The van der Waals surface area contributed by atoms with E-state index in [1.807, 2.05) is 5.57 Å². The van der Waals surface area contributed by atoms with Crippen LogP contribution in [0.3, 0.4) is 0 Å². The zero-order valence-electron chi connectivity index (χ0n) is 10.5. The van der Waals surface area contributed by atoms with Crippen LogP contribution in [0.1, 0.15) is 71.6 Å². The molecule has 0 heteroatoms. The summed E-state index contributed by atoms with van der Waals surface area (Å²) in [7, 11) is 0. The van der Waals surface area contributed by atoms with Crippen LogP contribution in [0.2, 0.25) is 0 Å². The SMILES string of the molecule is CC1CC=C(C2(C)CCCCCC2)CC1. The molecule has 1 unspecified atom stereocenters. The number of allylic oxidation sites excluding steroid dienone is 2. The summed E-state index contributed by atoms with van der Waals surface area (Å²) >= 11 is 0. The van der Waals surface area contributed by atoms with Crippen molar-refractivity contribution in [1.82, 2.24) is 0 Å². The molecule has 2 aliphatic carbocycles. The number of hydrogen-bond donors (Lipinski definition) is 0. The van der Waals surface area contributed by atoms with Crippen molar-refractivity contribution in [3.05, 3.63) is 11.6 Å². The summed E-state index contributed by atoms with van der Waals surface area (Å²) < 4.78 is 0. The molecular weight excluding hydrogens is 180 g/mol. The predicted octanol–water partition coefficient (Wildman–Crippen LogP) is 5.09. The molecular formula is C15H26. The first-order valence-electron chi connectivity index (χ1n) is 6.90. The molecule has 0 aromatic heterocycles.